The van der Waals surface area contributed by atoms with Gasteiger partial charge in [0.05, 0.1) is 19.8 Å². The van der Waals surface area contributed by atoms with Crippen molar-refractivity contribution in [2.45, 2.75) is 6.92 Å². The van der Waals surface area contributed by atoms with Crippen LogP contribution in [-0.2, 0) is 23.9 Å². The maximum absolute atomic E-state index is 11.6. The van der Waals surface area contributed by atoms with Crippen molar-refractivity contribution in [2.24, 2.45) is 0 Å². The summed E-state index contributed by atoms with van der Waals surface area (Å²) in [6.07, 6.45) is 0. The van der Waals surface area contributed by atoms with Gasteiger partial charge in [-0.2, -0.15) is 0 Å². The molecular weight excluding hydrogens is 374 g/mol. The normalized spacial score (nSPS) is 15.6. The zero-order chi connectivity index (χ0) is 13.7. The lowest BCUT2D eigenvalue weighted by molar-refractivity contribution is -0.142. The Morgan fingerprint density at radius 3 is 2.17 bits per heavy atom. The van der Waals surface area contributed by atoms with Gasteiger partial charge < -0.3 is 9.47 Å². The molecule has 0 N–H and O–H groups in total. The Morgan fingerprint density at radius 2 is 1.67 bits per heavy atom. The molecule has 0 fully saturated rings. The van der Waals surface area contributed by atoms with Crippen molar-refractivity contribution >= 4 is 49.6 Å². The Morgan fingerprint density at radius 1 is 1.11 bits per heavy atom. The lowest BCUT2D eigenvalue weighted by Crippen LogP contribution is -2.34. The predicted octanol–water partition coefficient (Wildman–Crippen LogP) is 0.936. The standard InChI is InChI=1S/C10H11Br2NO5/c1-6(14)18-5-4-17-3-2-13-9(15)7(11)8(12)10(13)16/h2-5H2,1H3. The lowest BCUT2D eigenvalue weighted by Gasteiger charge is -2.14. The second-order valence-corrected chi connectivity index (χ2v) is 4.93. The largest absolute Gasteiger partial charge is 0.463 e. The van der Waals surface area contributed by atoms with Gasteiger partial charge in [0.1, 0.15) is 15.6 Å². The molecule has 0 radical (unpaired) electrons. The van der Waals surface area contributed by atoms with Gasteiger partial charge in [0.25, 0.3) is 11.8 Å². The third-order valence-corrected chi connectivity index (χ3v) is 4.05. The third-order valence-electron chi connectivity index (χ3n) is 2.05. The van der Waals surface area contributed by atoms with Crippen LogP contribution >= 0.6 is 31.9 Å². The summed E-state index contributed by atoms with van der Waals surface area (Å²) in [6.45, 7) is 2.04. The predicted molar refractivity (Wildman–Crippen MR) is 69.1 cm³/mol. The van der Waals surface area contributed by atoms with E-state index in [1.165, 1.54) is 6.92 Å². The lowest BCUT2D eigenvalue weighted by atomic mass is 10.5. The number of hydrogen-bond donors (Lipinski definition) is 0. The number of halogens is 2. The van der Waals surface area contributed by atoms with Gasteiger partial charge in [0.15, 0.2) is 0 Å². The molecule has 0 spiro atoms. The highest BCUT2D eigenvalue weighted by Gasteiger charge is 2.35. The second kappa shape index (κ2) is 7.01. The van der Waals surface area contributed by atoms with Crippen LogP contribution in [0.2, 0.25) is 0 Å². The smallest absolute Gasteiger partial charge is 0.302 e. The molecule has 1 rings (SSSR count). The van der Waals surface area contributed by atoms with E-state index in [9.17, 15) is 14.4 Å². The number of imide groups is 1. The first kappa shape index (κ1) is 15.3. The van der Waals surface area contributed by atoms with Crippen LogP contribution in [0.25, 0.3) is 0 Å². The molecule has 0 aromatic carbocycles. The summed E-state index contributed by atoms with van der Waals surface area (Å²) >= 11 is 6.04. The van der Waals surface area contributed by atoms with Crippen molar-refractivity contribution in [1.29, 1.82) is 0 Å². The molecule has 0 aromatic heterocycles. The highest BCUT2D eigenvalue weighted by molar-refractivity contribution is 9.14. The van der Waals surface area contributed by atoms with Crippen LogP contribution in [0.3, 0.4) is 0 Å². The van der Waals surface area contributed by atoms with Crippen molar-refractivity contribution < 1.29 is 23.9 Å². The number of carbonyl (C=O) groups excluding carboxylic acids is 3. The molecule has 0 bridgehead atoms. The molecule has 0 atom stereocenters. The van der Waals surface area contributed by atoms with E-state index >= 15 is 0 Å². The third kappa shape index (κ3) is 3.89. The zero-order valence-electron chi connectivity index (χ0n) is 9.57. The molecule has 8 heteroatoms. The first-order chi connectivity index (χ1) is 8.45. The number of esters is 1. The summed E-state index contributed by atoms with van der Waals surface area (Å²) in [7, 11) is 0. The van der Waals surface area contributed by atoms with E-state index in [0.29, 0.717) is 0 Å². The van der Waals surface area contributed by atoms with Crippen molar-refractivity contribution in [3.05, 3.63) is 8.96 Å². The molecule has 18 heavy (non-hydrogen) atoms. The zero-order valence-corrected chi connectivity index (χ0v) is 12.7. The van der Waals surface area contributed by atoms with Crippen LogP contribution < -0.4 is 0 Å². The van der Waals surface area contributed by atoms with Crippen LogP contribution in [0.5, 0.6) is 0 Å². The first-order valence-corrected chi connectivity index (χ1v) is 6.66. The molecule has 100 valence electrons. The summed E-state index contributed by atoms with van der Waals surface area (Å²) in [5.74, 6) is -1.16. The number of carbonyl (C=O) groups is 3. The van der Waals surface area contributed by atoms with Crippen LogP contribution in [0.15, 0.2) is 8.96 Å². The Balaban J connectivity index is 2.24. The molecule has 0 saturated heterocycles. The van der Waals surface area contributed by atoms with Crippen molar-refractivity contribution in [3.8, 4) is 0 Å². The topological polar surface area (TPSA) is 72.9 Å². The average Bonchev–Trinajstić information content (AvgIpc) is 2.50. The van der Waals surface area contributed by atoms with Gasteiger partial charge in [0.2, 0.25) is 0 Å². The SMILES string of the molecule is CC(=O)OCCOCCN1C(=O)C(Br)=C(Br)C1=O. The molecule has 0 aliphatic carbocycles. The van der Waals surface area contributed by atoms with Crippen molar-refractivity contribution in [3.63, 3.8) is 0 Å². The summed E-state index contributed by atoms with van der Waals surface area (Å²) in [5.41, 5.74) is 0. The Hall–Kier alpha value is -0.730. The Labute approximate surface area is 121 Å². The van der Waals surface area contributed by atoms with Crippen LogP contribution in [0, 0.1) is 0 Å². The number of ether oxygens (including phenoxy) is 2. The van der Waals surface area contributed by atoms with Gasteiger partial charge in [0, 0.05) is 6.92 Å². The van der Waals surface area contributed by atoms with Gasteiger partial charge in [-0.3, -0.25) is 19.3 Å². The molecule has 0 saturated carbocycles. The quantitative estimate of drug-likeness (QED) is 0.387. The summed E-state index contributed by atoms with van der Waals surface area (Å²) in [5, 5.41) is 0. The fourth-order valence-corrected chi connectivity index (χ4v) is 1.99. The monoisotopic (exact) mass is 383 g/mol. The molecule has 2 amide bonds. The Kier molecular flexibility index (Phi) is 5.97. The van der Waals surface area contributed by atoms with Gasteiger partial charge in [-0.05, 0) is 31.9 Å². The van der Waals surface area contributed by atoms with Crippen LogP contribution in [0.1, 0.15) is 6.92 Å². The van der Waals surface area contributed by atoms with E-state index in [-0.39, 0.29) is 41.3 Å². The number of nitrogens with zero attached hydrogens (tertiary/aromatic N) is 1. The van der Waals surface area contributed by atoms with E-state index in [2.05, 4.69) is 36.6 Å². The molecule has 1 heterocycles. The van der Waals surface area contributed by atoms with Gasteiger partial charge >= 0.3 is 5.97 Å². The maximum atomic E-state index is 11.6. The first-order valence-electron chi connectivity index (χ1n) is 5.07. The van der Waals surface area contributed by atoms with Crippen LogP contribution in [-0.4, -0.2) is 49.0 Å². The van der Waals surface area contributed by atoms with Crippen molar-refractivity contribution in [2.75, 3.05) is 26.4 Å². The minimum Gasteiger partial charge on any atom is -0.463 e. The molecule has 1 aliphatic heterocycles. The number of amides is 2. The Bertz CT molecular complexity index is 383. The minimum absolute atomic E-state index is 0.155. The number of hydrogen-bond acceptors (Lipinski definition) is 5. The average molecular weight is 385 g/mol. The highest BCUT2D eigenvalue weighted by Crippen LogP contribution is 2.28. The van der Waals surface area contributed by atoms with E-state index in [4.69, 9.17) is 4.74 Å². The summed E-state index contributed by atoms with van der Waals surface area (Å²) < 4.78 is 10.2. The maximum Gasteiger partial charge on any atom is 0.302 e. The molecule has 0 aromatic rings. The molecule has 1 aliphatic rings. The second-order valence-electron chi connectivity index (χ2n) is 3.34. The van der Waals surface area contributed by atoms with Gasteiger partial charge in [-0.15, -0.1) is 0 Å². The van der Waals surface area contributed by atoms with E-state index in [1.54, 1.807) is 0 Å². The van der Waals surface area contributed by atoms with Gasteiger partial charge in [-0.1, -0.05) is 0 Å². The molecule has 6 nitrogen and oxygen atoms in total. The van der Waals surface area contributed by atoms with E-state index in [0.717, 1.165) is 4.90 Å². The minimum atomic E-state index is -0.393. The highest BCUT2D eigenvalue weighted by atomic mass is 79.9. The van der Waals surface area contributed by atoms with E-state index in [1.807, 2.05) is 0 Å². The fraction of sp³-hybridized carbons (Fsp3) is 0.500. The molecular formula is C10H11Br2NO5. The van der Waals surface area contributed by atoms with Gasteiger partial charge in [-0.25, -0.2) is 0 Å². The van der Waals surface area contributed by atoms with Crippen LogP contribution in [0.4, 0.5) is 0 Å². The summed E-state index contributed by atoms with van der Waals surface area (Å²) in [6, 6.07) is 0. The number of rotatable bonds is 6. The summed E-state index contributed by atoms with van der Waals surface area (Å²) in [4.78, 5) is 34.7. The van der Waals surface area contributed by atoms with E-state index < -0.39 is 11.8 Å². The fourth-order valence-electron chi connectivity index (χ4n) is 1.22. The molecule has 0 unspecified atom stereocenters. The van der Waals surface area contributed by atoms with Crippen molar-refractivity contribution in [1.82, 2.24) is 4.90 Å².